The molecule has 0 saturated heterocycles. The Balaban J connectivity index is 2.29. The van der Waals surface area contributed by atoms with Crippen LogP contribution in [0.4, 0.5) is 5.69 Å². The van der Waals surface area contributed by atoms with Crippen LogP contribution in [0.3, 0.4) is 0 Å². The molecule has 0 fully saturated rings. The molecule has 1 aromatic rings. The highest BCUT2D eigenvalue weighted by atomic mass is 14.9. The Morgan fingerprint density at radius 3 is 3.14 bits per heavy atom. The third-order valence-corrected chi connectivity index (χ3v) is 2.94. The molecule has 76 valence electrons. The largest absolute Gasteiger partial charge is 0.385 e. The predicted octanol–water partition coefficient (Wildman–Crippen LogP) is 2.45. The predicted molar refractivity (Wildman–Crippen MR) is 60.5 cm³/mol. The van der Waals surface area contributed by atoms with Gasteiger partial charge in [0.1, 0.15) is 0 Å². The van der Waals surface area contributed by atoms with Gasteiger partial charge in [-0.15, -0.1) is 0 Å². The van der Waals surface area contributed by atoms with Crippen LogP contribution < -0.4 is 11.1 Å². The normalized spacial score (nSPS) is 17.0. The molecule has 1 aromatic carbocycles. The summed E-state index contributed by atoms with van der Waals surface area (Å²) in [6.07, 6.45) is 3.43. The van der Waals surface area contributed by atoms with Crippen molar-refractivity contribution in [1.29, 1.82) is 0 Å². The molecule has 1 atom stereocenters. The number of hydrogen-bond acceptors (Lipinski definition) is 2. The van der Waals surface area contributed by atoms with Crippen molar-refractivity contribution in [2.45, 2.75) is 32.2 Å². The van der Waals surface area contributed by atoms with E-state index in [2.05, 4.69) is 30.4 Å². The van der Waals surface area contributed by atoms with E-state index in [1.807, 2.05) is 0 Å². The Bertz CT molecular complexity index is 320. The first-order valence-corrected chi connectivity index (χ1v) is 5.43. The number of aryl methyl sites for hydroxylation is 1. The van der Waals surface area contributed by atoms with E-state index in [1.165, 1.54) is 29.7 Å². The molecule has 1 aliphatic rings. The molecule has 2 nitrogen and oxygen atoms in total. The van der Waals surface area contributed by atoms with Crippen LogP contribution in [-0.4, -0.2) is 6.54 Å². The summed E-state index contributed by atoms with van der Waals surface area (Å²) in [7, 11) is 0. The zero-order valence-electron chi connectivity index (χ0n) is 8.72. The maximum atomic E-state index is 6.01. The zero-order valence-corrected chi connectivity index (χ0v) is 8.72. The van der Waals surface area contributed by atoms with Crippen molar-refractivity contribution in [1.82, 2.24) is 0 Å². The molecule has 0 amide bonds. The fourth-order valence-electron chi connectivity index (χ4n) is 1.96. The van der Waals surface area contributed by atoms with Gasteiger partial charge in [-0.1, -0.05) is 19.1 Å². The summed E-state index contributed by atoms with van der Waals surface area (Å²) < 4.78 is 0. The standard InChI is InChI=1S/C12H18N2/c1-2-11(13)9-5-6-12-10(8-9)4-3-7-14-12/h5-6,8,11,14H,2-4,7,13H2,1H3/t11-/m0/s1. The second kappa shape index (κ2) is 4.01. The molecule has 2 rings (SSSR count). The maximum Gasteiger partial charge on any atom is 0.0372 e. The molecule has 1 aliphatic heterocycles. The van der Waals surface area contributed by atoms with E-state index in [4.69, 9.17) is 5.73 Å². The second-order valence-electron chi connectivity index (χ2n) is 3.96. The molecule has 0 aliphatic carbocycles. The number of benzene rings is 1. The Hall–Kier alpha value is -1.02. The highest BCUT2D eigenvalue weighted by molar-refractivity contribution is 5.54. The number of hydrogen-bond donors (Lipinski definition) is 2. The summed E-state index contributed by atoms with van der Waals surface area (Å²) in [6, 6.07) is 6.77. The minimum atomic E-state index is 0.197. The van der Waals surface area contributed by atoms with Gasteiger partial charge in [0.15, 0.2) is 0 Å². The van der Waals surface area contributed by atoms with Crippen molar-refractivity contribution < 1.29 is 0 Å². The number of nitrogens with one attached hydrogen (secondary N) is 1. The molecular weight excluding hydrogens is 172 g/mol. The lowest BCUT2D eigenvalue weighted by Gasteiger charge is -2.20. The van der Waals surface area contributed by atoms with E-state index >= 15 is 0 Å². The summed E-state index contributed by atoms with van der Waals surface area (Å²) in [5.41, 5.74) is 10.0. The van der Waals surface area contributed by atoms with Crippen LogP contribution in [-0.2, 0) is 6.42 Å². The van der Waals surface area contributed by atoms with Crippen LogP contribution in [0.1, 0.15) is 36.9 Å². The minimum Gasteiger partial charge on any atom is -0.385 e. The first-order chi connectivity index (χ1) is 6.81. The lowest BCUT2D eigenvalue weighted by molar-refractivity contribution is 0.695. The van der Waals surface area contributed by atoms with Gasteiger partial charge in [-0.2, -0.15) is 0 Å². The van der Waals surface area contributed by atoms with Crippen LogP contribution in [0.5, 0.6) is 0 Å². The summed E-state index contributed by atoms with van der Waals surface area (Å²) in [5, 5.41) is 3.41. The molecule has 0 radical (unpaired) electrons. The molecule has 0 unspecified atom stereocenters. The quantitative estimate of drug-likeness (QED) is 0.751. The molecule has 14 heavy (non-hydrogen) atoms. The van der Waals surface area contributed by atoms with E-state index < -0.39 is 0 Å². The van der Waals surface area contributed by atoms with Gasteiger partial charge in [-0.25, -0.2) is 0 Å². The fourth-order valence-corrected chi connectivity index (χ4v) is 1.96. The summed E-state index contributed by atoms with van der Waals surface area (Å²) in [6.45, 7) is 3.23. The number of anilines is 1. The molecule has 0 spiro atoms. The van der Waals surface area contributed by atoms with Crippen LogP contribution >= 0.6 is 0 Å². The average molecular weight is 190 g/mol. The summed E-state index contributed by atoms with van der Waals surface area (Å²) in [5.74, 6) is 0. The number of nitrogens with two attached hydrogens (primary N) is 1. The Morgan fingerprint density at radius 2 is 2.36 bits per heavy atom. The fraction of sp³-hybridized carbons (Fsp3) is 0.500. The van der Waals surface area contributed by atoms with Crippen molar-refractivity contribution in [3.05, 3.63) is 29.3 Å². The van der Waals surface area contributed by atoms with Crippen LogP contribution in [0.25, 0.3) is 0 Å². The smallest absolute Gasteiger partial charge is 0.0372 e. The monoisotopic (exact) mass is 190 g/mol. The molecule has 1 heterocycles. The van der Waals surface area contributed by atoms with E-state index in [0.717, 1.165) is 13.0 Å². The van der Waals surface area contributed by atoms with Gasteiger partial charge in [0.2, 0.25) is 0 Å². The second-order valence-corrected chi connectivity index (χ2v) is 3.96. The van der Waals surface area contributed by atoms with Crippen molar-refractivity contribution in [3.8, 4) is 0 Å². The van der Waals surface area contributed by atoms with Gasteiger partial charge in [0, 0.05) is 18.3 Å². The lowest BCUT2D eigenvalue weighted by atomic mass is 9.97. The minimum absolute atomic E-state index is 0.197. The molecule has 0 bridgehead atoms. The van der Waals surface area contributed by atoms with Crippen LogP contribution in [0.2, 0.25) is 0 Å². The average Bonchev–Trinajstić information content (AvgIpc) is 2.27. The first-order valence-electron chi connectivity index (χ1n) is 5.43. The van der Waals surface area contributed by atoms with Gasteiger partial charge in [-0.3, -0.25) is 0 Å². The van der Waals surface area contributed by atoms with Crippen molar-refractivity contribution in [2.24, 2.45) is 5.73 Å². The third-order valence-electron chi connectivity index (χ3n) is 2.94. The molecular formula is C12H18N2. The van der Waals surface area contributed by atoms with Gasteiger partial charge in [0.05, 0.1) is 0 Å². The van der Waals surface area contributed by atoms with Crippen molar-refractivity contribution in [2.75, 3.05) is 11.9 Å². The Morgan fingerprint density at radius 1 is 1.50 bits per heavy atom. The SMILES string of the molecule is CC[C@H](N)c1ccc2c(c1)CCCN2. The van der Waals surface area contributed by atoms with Gasteiger partial charge in [0.25, 0.3) is 0 Å². The maximum absolute atomic E-state index is 6.01. The van der Waals surface area contributed by atoms with Gasteiger partial charge >= 0.3 is 0 Å². The van der Waals surface area contributed by atoms with E-state index in [-0.39, 0.29) is 6.04 Å². The topological polar surface area (TPSA) is 38.0 Å². The number of fused-ring (bicyclic) bond motifs is 1. The van der Waals surface area contributed by atoms with E-state index in [9.17, 15) is 0 Å². The van der Waals surface area contributed by atoms with E-state index in [0.29, 0.717) is 0 Å². The molecule has 2 heteroatoms. The summed E-state index contributed by atoms with van der Waals surface area (Å²) in [4.78, 5) is 0. The molecule has 3 N–H and O–H groups in total. The Labute approximate surface area is 85.5 Å². The highest BCUT2D eigenvalue weighted by Gasteiger charge is 2.10. The highest BCUT2D eigenvalue weighted by Crippen LogP contribution is 2.25. The number of rotatable bonds is 2. The van der Waals surface area contributed by atoms with Gasteiger partial charge in [-0.05, 0) is 36.5 Å². The lowest BCUT2D eigenvalue weighted by Crippen LogP contribution is -2.14. The zero-order chi connectivity index (χ0) is 9.97. The van der Waals surface area contributed by atoms with Crippen LogP contribution in [0, 0.1) is 0 Å². The summed E-state index contributed by atoms with van der Waals surface area (Å²) >= 11 is 0. The Kier molecular flexibility index (Phi) is 2.73. The van der Waals surface area contributed by atoms with E-state index in [1.54, 1.807) is 0 Å². The molecule has 0 aromatic heterocycles. The van der Waals surface area contributed by atoms with Crippen LogP contribution in [0.15, 0.2) is 18.2 Å². The van der Waals surface area contributed by atoms with Crippen molar-refractivity contribution in [3.63, 3.8) is 0 Å². The third kappa shape index (κ3) is 1.75. The molecule has 0 saturated carbocycles. The van der Waals surface area contributed by atoms with Gasteiger partial charge < -0.3 is 11.1 Å². The first kappa shape index (κ1) is 9.53. The van der Waals surface area contributed by atoms with Crippen molar-refractivity contribution >= 4 is 5.69 Å².